The van der Waals surface area contributed by atoms with E-state index in [-0.39, 0.29) is 1.43 Å². The highest BCUT2D eigenvalue weighted by Crippen LogP contribution is 2.20. The molecule has 1 N–H and O–H groups in total. The normalized spacial score (nSPS) is 13.5. The summed E-state index contributed by atoms with van der Waals surface area (Å²) in [6.45, 7) is 11.6. The summed E-state index contributed by atoms with van der Waals surface area (Å²) in [6.07, 6.45) is 10.9. The van der Waals surface area contributed by atoms with Crippen LogP contribution in [0.3, 0.4) is 0 Å². The summed E-state index contributed by atoms with van der Waals surface area (Å²) in [5.74, 6) is 0. The van der Waals surface area contributed by atoms with Crippen molar-refractivity contribution < 1.29 is 1.43 Å². The Bertz CT molecular complexity index is 205. The van der Waals surface area contributed by atoms with Gasteiger partial charge in [0.1, 0.15) is 0 Å². The van der Waals surface area contributed by atoms with Crippen molar-refractivity contribution in [3.8, 4) is 0 Å². The van der Waals surface area contributed by atoms with E-state index in [1.54, 1.807) is 5.57 Å². The maximum atomic E-state index is 3.19. The first kappa shape index (κ1) is 18.8. The van der Waals surface area contributed by atoms with E-state index in [1.165, 1.54) is 37.7 Å². The smallest absolute Gasteiger partial charge is 0.0201 e. The lowest BCUT2D eigenvalue weighted by Crippen LogP contribution is -2.12. The maximum absolute atomic E-state index is 3.19. The van der Waals surface area contributed by atoms with Crippen molar-refractivity contribution in [2.24, 2.45) is 0 Å². The molecule has 0 saturated heterocycles. The summed E-state index contributed by atoms with van der Waals surface area (Å²) in [4.78, 5) is 0. The number of hydrogen-bond acceptors (Lipinski definition) is 1. The highest BCUT2D eigenvalue weighted by molar-refractivity contribution is 5.30. The summed E-state index contributed by atoms with van der Waals surface area (Å²) >= 11 is 0. The lowest BCUT2D eigenvalue weighted by atomic mass is 9.96. The molecule has 1 heteroatoms. The van der Waals surface area contributed by atoms with E-state index in [2.05, 4.69) is 38.2 Å². The average Bonchev–Trinajstić information content (AvgIpc) is 2.42. The van der Waals surface area contributed by atoms with Crippen molar-refractivity contribution in [2.45, 2.75) is 66.7 Å². The molecule has 1 aliphatic carbocycles. The summed E-state index contributed by atoms with van der Waals surface area (Å²) in [6, 6.07) is 0. The minimum Gasteiger partial charge on any atom is -0.316 e. The molecule has 0 bridgehead atoms. The SMILES string of the molecule is CC.CCC1=C(CNC)C=CCC1.CCCC.[HH]. The number of unbranched alkanes of at least 4 members (excludes halogenated alkanes) is 1. The fraction of sp³-hybridized carbons (Fsp3) is 0.750. The minimum atomic E-state index is 0. The highest BCUT2D eigenvalue weighted by Gasteiger charge is 2.04. The highest BCUT2D eigenvalue weighted by atomic mass is 14.8. The second kappa shape index (κ2) is 15.4. The molecule has 0 spiro atoms. The molecular formula is C16H35N. The Morgan fingerprint density at radius 2 is 1.76 bits per heavy atom. The summed E-state index contributed by atoms with van der Waals surface area (Å²) in [7, 11) is 2.00. The molecule has 0 fully saturated rings. The van der Waals surface area contributed by atoms with E-state index in [1.807, 2.05) is 20.9 Å². The van der Waals surface area contributed by atoms with Gasteiger partial charge in [-0.3, -0.25) is 0 Å². The third kappa shape index (κ3) is 10.3. The summed E-state index contributed by atoms with van der Waals surface area (Å²) in [5.41, 5.74) is 3.13. The Kier molecular flexibility index (Phi) is 17.1. The number of nitrogens with one attached hydrogen (secondary N) is 1. The zero-order valence-electron chi connectivity index (χ0n) is 12.9. The molecule has 1 nitrogen and oxygen atoms in total. The van der Waals surface area contributed by atoms with Crippen LogP contribution in [0.4, 0.5) is 0 Å². The van der Waals surface area contributed by atoms with E-state index in [0.717, 1.165) is 6.54 Å². The van der Waals surface area contributed by atoms with Gasteiger partial charge in [0.05, 0.1) is 0 Å². The van der Waals surface area contributed by atoms with Crippen molar-refractivity contribution in [2.75, 3.05) is 13.6 Å². The van der Waals surface area contributed by atoms with Crippen LogP contribution in [0.5, 0.6) is 0 Å². The van der Waals surface area contributed by atoms with Crippen LogP contribution >= 0.6 is 0 Å². The van der Waals surface area contributed by atoms with Crippen LogP contribution in [0.1, 0.15) is 68.1 Å². The Morgan fingerprint density at radius 3 is 2.18 bits per heavy atom. The number of allylic oxidation sites excluding steroid dienone is 2. The predicted molar refractivity (Wildman–Crippen MR) is 83.7 cm³/mol. The van der Waals surface area contributed by atoms with Crippen molar-refractivity contribution >= 4 is 0 Å². The van der Waals surface area contributed by atoms with Gasteiger partial charge in [-0.15, -0.1) is 0 Å². The Balaban J connectivity index is -0.000000277. The van der Waals surface area contributed by atoms with Crippen molar-refractivity contribution in [3.63, 3.8) is 0 Å². The Morgan fingerprint density at radius 1 is 1.18 bits per heavy atom. The lowest BCUT2D eigenvalue weighted by molar-refractivity contribution is 0.819. The lowest BCUT2D eigenvalue weighted by Gasteiger charge is -2.13. The molecule has 0 unspecified atom stereocenters. The molecule has 104 valence electrons. The monoisotopic (exact) mass is 241 g/mol. The molecule has 0 amide bonds. The first-order chi connectivity index (χ1) is 8.29. The van der Waals surface area contributed by atoms with E-state index >= 15 is 0 Å². The van der Waals surface area contributed by atoms with Crippen LogP contribution in [0.25, 0.3) is 0 Å². The van der Waals surface area contributed by atoms with Crippen LogP contribution < -0.4 is 5.32 Å². The van der Waals surface area contributed by atoms with E-state index in [0.29, 0.717) is 0 Å². The number of rotatable bonds is 4. The molecule has 0 radical (unpaired) electrons. The molecule has 17 heavy (non-hydrogen) atoms. The molecule has 0 heterocycles. The molecule has 1 aliphatic rings. The minimum absolute atomic E-state index is 0. The van der Waals surface area contributed by atoms with Crippen LogP contribution in [0.2, 0.25) is 0 Å². The van der Waals surface area contributed by atoms with Gasteiger partial charge in [0, 0.05) is 7.97 Å². The Hall–Kier alpha value is -0.560. The van der Waals surface area contributed by atoms with Gasteiger partial charge in [-0.1, -0.05) is 65.2 Å². The molecule has 0 atom stereocenters. The van der Waals surface area contributed by atoms with Gasteiger partial charge >= 0.3 is 0 Å². The van der Waals surface area contributed by atoms with E-state index in [4.69, 9.17) is 0 Å². The van der Waals surface area contributed by atoms with Crippen molar-refractivity contribution in [3.05, 3.63) is 23.3 Å². The van der Waals surface area contributed by atoms with Gasteiger partial charge < -0.3 is 5.32 Å². The van der Waals surface area contributed by atoms with E-state index < -0.39 is 0 Å². The van der Waals surface area contributed by atoms with Gasteiger partial charge in [0.15, 0.2) is 0 Å². The van der Waals surface area contributed by atoms with Crippen LogP contribution in [-0.4, -0.2) is 13.6 Å². The molecule has 0 aromatic carbocycles. The van der Waals surface area contributed by atoms with Gasteiger partial charge in [-0.25, -0.2) is 0 Å². The number of hydrogen-bond donors (Lipinski definition) is 1. The van der Waals surface area contributed by atoms with Crippen LogP contribution in [0.15, 0.2) is 23.3 Å². The fourth-order valence-corrected chi connectivity index (χ4v) is 1.54. The van der Waals surface area contributed by atoms with Gasteiger partial charge in [0.2, 0.25) is 0 Å². The fourth-order valence-electron chi connectivity index (χ4n) is 1.54. The Labute approximate surface area is 111 Å². The van der Waals surface area contributed by atoms with E-state index in [9.17, 15) is 0 Å². The van der Waals surface area contributed by atoms with Gasteiger partial charge in [-0.2, -0.15) is 0 Å². The second-order valence-corrected chi connectivity index (χ2v) is 3.95. The first-order valence-corrected chi connectivity index (χ1v) is 7.32. The largest absolute Gasteiger partial charge is 0.316 e. The quantitative estimate of drug-likeness (QED) is 0.700. The van der Waals surface area contributed by atoms with Crippen molar-refractivity contribution in [1.29, 1.82) is 0 Å². The molecule has 0 saturated carbocycles. The van der Waals surface area contributed by atoms with Gasteiger partial charge in [0.25, 0.3) is 0 Å². The second-order valence-electron chi connectivity index (χ2n) is 3.95. The average molecular weight is 241 g/mol. The number of likely N-dealkylation sites (N-methyl/N-ethyl adjacent to an activating group) is 1. The van der Waals surface area contributed by atoms with Crippen molar-refractivity contribution in [1.82, 2.24) is 5.32 Å². The van der Waals surface area contributed by atoms with Crippen LogP contribution in [0, 0.1) is 0 Å². The molecule has 0 aromatic heterocycles. The van der Waals surface area contributed by atoms with Gasteiger partial charge in [-0.05, 0) is 31.9 Å². The maximum Gasteiger partial charge on any atom is 0.0201 e. The standard InChI is InChI=1S/C10H17N.C4H10.C2H6.H2/c1-3-9-6-4-5-7-10(9)8-11-2;1-3-4-2;1-2;/h5,7,11H,3-4,6,8H2,1-2H3;3-4H2,1-2H3;1-2H3;1H. The molecular weight excluding hydrogens is 206 g/mol. The van der Waals surface area contributed by atoms with Crippen LogP contribution in [-0.2, 0) is 0 Å². The zero-order valence-corrected chi connectivity index (χ0v) is 12.9. The molecule has 0 aromatic rings. The third-order valence-electron chi connectivity index (χ3n) is 2.68. The third-order valence-corrected chi connectivity index (χ3v) is 2.68. The topological polar surface area (TPSA) is 12.0 Å². The summed E-state index contributed by atoms with van der Waals surface area (Å²) in [5, 5.41) is 3.19. The summed E-state index contributed by atoms with van der Waals surface area (Å²) < 4.78 is 0. The predicted octanol–water partition coefficient (Wildman–Crippen LogP) is 5.34. The zero-order chi connectivity index (χ0) is 13.5. The first-order valence-electron chi connectivity index (χ1n) is 7.32. The molecule has 0 aliphatic heterocycles. The molecule has 1 rings (SSSR count).